The third-order valence-corrected chi connectivity index (χ3v) is 3.57. The van der Waals surface area contributed by atoms with Gasteiger partial charge >= 0.3 is 5.97 Å². The van der Waals surface area contributed by atoms with Crippen LogP contribution in [-0.4, -0.2) is 43.1 Å². The van der Waals surface area contributed by atoms with E-state index in [9.17, 15) is 9.90 Å². The van der Waals surface area contributed by atoms with Crippen LogP contribution in [0, 0.1) is 0 Å². The lowest BCUT2D eigenvalue weighted by molar-refractivity contribution is -0.149. The molecule has 0 radical (unpaired) electrons. The van der Waals surface area contributed by atoms with Crippen LogP contribution in [0.3, 0.4) is 0 Å². The van der Waals surface area contributed by atoms with Crippen molar-refractivity contribution in [1.29, 1.82) is 0 Å². The topological polar surface area (TPSA) is 71.2 Å². The fraction of sp³-hybridized carbons (Fsp3) is 0.400. The second-order valence-electron chi connectivity index (χ2n) is 5.34. The van der Waals surface area contributed by atoms with Gasteiger partial charge < -0.3 is 5.11 Å². The normalized spacial score (nSPS) is 11.8. The Labute approximate surface area is 124 Å². The minimum atomic E-state index is -0.939. The molecule has 0 amide bonds. The number of carbonyl (C=O) groups is 1. The molecule has 0 bridgehead atoms. The SMILES string of the molecule is CCN(Cc1cnn(-c2ccccc2)n1)C(C)(C)C(=O)O. The van der Waals surface area contributed by atoms with Gasteiger partial charge in [0.2, 0.25) is 0 Å². The first kappa shape index (κ1) is 15.2. The molecule has 0 aliphatic heterocycles. The molecule has 0 atom stereocenters. The lowest BCUT2D eigenvalue weighted by Crippen LogP contribution is -2.49. The van der Waals surface area contributed by atoms with Gasteiger partial charge in [-0.2, -0.15) is 15.0 Å². The summed E-state index contributed by atoms with van der Waals surface area (Å²) in [5, 5.41) is 18.0. The van der Waals surface area contributed by atoms with Crippen LogP contribution in [0.4, 0.5) is 0 Å². The van der Waals surface area contributed by atoms with E-state index in [0.29, 0.717) is 13.1 Å². The summed E-state index contributed by atoms with van der Waals surface area (Å²) in [6.07, 6.45) is 1.67. The van der Waals surface area contributed by atoms with Crippen molar-refractivity contribution < 1.29 is 9.90 Å². The molecule has 0 aliphatic rings. The Kier molecular flexibility index (Phi) is 4.37. The summed E-state index contributed by atoms with van der Waals surface area (Å²) in [7, 11) is 0. The van der Waals surface area contributed by atoms with Crippen LogP contribution in [0.25, 0.3) is 5.69 Å². The molecule has 1 aromatic heterocycles. The van der Waals surface area contributed by atoms with Crippen LogP contribution in [0.1, 0.15) is 26.5 Å². The van der Waals surface area contributed by atoms with Crippen LogP contribution < -0.4 is 0 Å². The monoisotopic (exact) mass is 288 g/mol. The van der Waals surface area contributed by atoms with Crippen molar-refractivity contribution in [2.24, 2.45) is 0 Å². The number of likely N-dealkylation sites (N-methyl/N-ethyl adjacent to an activating group) is 1. The van der Waals surface area contributed by atoms with Gasteiger partial charge in [-0.15, -0.1) is 0 Å². The molecule has 6 heteroatoms. The Hall–Kier alpha value is -2.21. The molecular formula is C15H20N4O2. The smallest absolute Gasteiger partial charge is 0.323 e. The lowest BCUT2D eigenvalue weighted by Gasteiger charge is -2.33. The fourth-order valence-electron chi connectivity index (χ4n) is 2.09. The number of carboxylic acids is 1. The van der Waals surface area contributed by atoms with Gasteiger partial charge in [0.1, 0.15) is 5.54 Å². The zero-order valence-electron chi connectivity index (χ0n) is 12.5. The van der Waals surface area contributed by atoms with E-state index in [1.165, 1.54) is 0 Å². The molecule has 1 N–H and O–H groups in total. The van der Waals surface area contributed by atoms with E-state index in [0.717, 1.165) is 11.4 Å². The van der Waals surface area contributed by atoms with Gasteiger partial charge in [0.05, 0.1) is 17.6 Å². The van der Waals surface area contributed by atoms with E-state index in [1.807, 2.05) is 42.2 Å². The molecular weight excluding hydrogens is 268 g/mol. The van der Waals surface area contributed by atoms with E-state index in [-0.39, 0.29) is 0 Å². The highest BCUT2D eigenvalue weighted by atomic mass is 16.4. The van der Waals surface area contributed by atoms with Crippen molar-refractivity contribution >= 4 is 5.97 Å². The van der Waals surface area contributed by atoms with Gasteiger partial charge in [-0.25, -0.2) is 0 Å². The van der Waals surface area contributed by atoms with Gasteiger partial charge in [0, 0.05) is 6.54 Å². The third-order valence-electron chi connectivity index (χ3n) is 3.57. The third kappa shape index (κ3) is 3.28. The Balaban J connectivity index is 2.17. The standard InChI is InChI=1S/C15H20N4O2/c1-4-18(15(2,3)14(20)21)11-12-10-16-19(17-12)13-8-6-5-7-9-13/h5-10H,4,11H2,1-3H3,(H,20,21). The van der Waals surface area contributed by atoms with Crippen molar-refractivity contribution in [2.45, 2.75) is 32.9 Å². The summed E-state index contributed by atoms with van der Waals surface area (Å²) in [5.74, 6) is -0.847. The Morgan fingerprint density at radius 3 is 2.57 bits per heavy atom. The van der Waals surface area contributed by atoms with Crippen molar-refractivity contribution in [3.8, 4) is 5.69 Å². The molecule has 0 saturated heterocycles. The maximum Gasteiger partial charge on any atom is 0.323 e. The molecule has 0 saturated carbocycles. The fourth-order valence-corrected chi connectivity index (χ4v) is 2.09. The Morgan fingerprint density at radius 1 is 1.33 bits per heavy atom. The number of benzene rings is 1. The van der Waals surface area contributed by atoms with Crippen LogP contribution in [0.15, 0.2) is 36.5 Å². The highest BCUT2D eigenvalue weighted by Gasteiger charge is 2.33. The van der Waals surface area contributed by atoms with Gasteiger partial charge in [-0.3, -0.25) is 9.69 Å². The van der Waals surface area contributed by atoms with Gasteiger partial charge in [-0.1, -0.05) is 25.1 Å². The van der Waals surface area contributed by atoms with E-state index in [2.05, 4.69) is 10.2 Å². The lowest BCUT2D eigenvalue weighted by atomic mass is 10.0. The maximum absolute atomic E-state index is 11.4. The van der Waals surface area contributed by atoms with Gasteiger partial charge in [0.15, 0.2) is 0 Å². The quantitative estimate of drug-likeness (QED) is 0.879. The first-order chi connectivity index (χ1) is 9.95. The number of aliphatic carboxylic acids is 1. The zero-order valence-corrected chi connectivity index (χ0v) is 12.5. The van der Waals surface area contributed by atoms with E-state index >= 15 is 0 Å². The number of aromatic nitrogens is 3. The Morgan fingerprint density at radius 2 is 2.00 bits per heavy atom. The summed E-state index contributed by atoms with van der Waals surface area (Å²) in [6.45, 7) is 6.40. The second-order valence-corrected chi connectivity index (χ2v) is 5.34. The van der Waals surface area contributed by atoms with Crippen LogP contribution >= 0.6 is 0 Å². The molecule has 0 unspecified atom stereocenters. The molecule has 6 nitrogen and oxygen atoms in total. The van der Waals surface area contributed by atoms with Crippen molar-refractivity contribution in [2.75, 3.05) is 6.54 Å². The number of para-hydroxylation sites is 1. The minimum absolute atomic E-state index is 0.447. The summed E-state index contributed by atoms with van der Waals surface area (Å²) >= 11 is 0. The van der Waals surface area contributed by atoms with Crippen LogP contribution in [-0.2, 0) is 11.3 Å². The molecule has 0 spiro atoms. The first-order valence-electron chi connectivity index (χ1n) is 6.90. The molecule has 2 aromatic rings. The Bertz CT molecular complexity index is 607. The predicted molar refractivity (Wildman–Crippen MR) is 79.2 cm³/mol. The molecule has 1 heterocycles. The van der Waals surface area contributed by atoms with Gasteiger partial charge in [0.25, 0.3) is 0 Å². The van der Waals surface area contributed by atoms with Crippen LogP contribution in [0.5, 0.6) is 0 Å². The van der Waals surface area contributed by atoms with Crippen molar-refractivity contribution in [3.63, 3.8) is 0 Å². The molecule has 0 fully saturated rings. The van der Waals surface area contributed by atoms with Gasteiger partial charge in [-0.05, 0) is 32.5 Å². The molecule has 2 rings (SSSR count). The molecule has 1 aromatic carbocycles. The van der Waals surface area contributed by atoms with E-state index < -0.39 is 11.5 Å². The zero-order chi connectivity index (χ0) is 15.5. The van der Waals surface area contributed by atoms with E-state index in [1.54, 1.807) is 24.8 Å². The number of nitrogens with zero attached hydrogens (tertiary/aromatic N) is 4. The van der Waals surface area contributed by atoms with E-state index in [4.69, 9.17) is 0 Å². The highest BCUT2D eigenvalue weighted by molar-refractivity contribution is 5.77. The average molecular weight is 288 g/mol. The first-order valence-corrected chi connectivity index (χ1v) is 6.90. The maximum atomic E-state index is 11.4. The second kappa shape index (κ2) is 6.05. The largest absolute Gasteiger partial charge is 0.480 e. The summed E-state index contributed by atoms with van der Waals surface area (Å²) in [4.78, 5) is 14.8. The summed E-state index contributed by atoms with van der Waals surface area (Å²) in [5.41, 5.74) is 0.685. The number of carboxylic acid groups (broad SMARTS) is 1. The number of hydrogen-bond donors (Lipinski definition) is 1. The summed E-state index contributed by atoms with van der Waals surface area (Å²) in [6, 6.07) is 9.61. The van der Waals surface area contributed by atoms with Crippen molar-refractivity contribution in [1.82, 2.24) is 19.9 Å². The average Bonchev–Trinajstić information content (AvgIpc) is 2.94. The minimum Gasteiger partial charge on any atom is -0.480 e. The van der Waals surface area contributed by atoms with Crippen LogP contribution in [0.2, 0.25) is 0 Å². The highest BCUT2D eigenvalue weighted by Crippen LogP contribution is 2.17. The number of hydrogen-bond acceptors (Lipinski definition) is 4. The number of rotatable bonds is 6. The molecule has 112 valence electrons. The molecule has 21 heavy (non-hydrogen) atoms. The molecule has 0 aliphatic carbocycles. The van der Waals surface area contributed by atoms with Crippen molar-refractivity contribution in [3.05, 3.63) is 42.2 Å². The predicted octanol–water partition coefficient (Wildman–Crippen LogP) is 1.95. The summed E-state index contributed by atoms with van der Waals surface area (Å²) < 4.78 is 0.